The van der Waals surface area contributed by atoms with Crippen molar-refractivity contribution in [1.82, 2.24) is 5.32 Å². The first-order valence-electron chi connectivity index (χ1n) is 6.04. The summed E-state index contributed by atoms with van der Waals surface area (Å²) < 4.78 is -0.0382. The molecule has 0 aromatic heterocycles. The summed E-state index contributed by atoms with van der Waals surface area (Å²) in [6, 6.07) is 0. The van der Waals surface area contributed by atoms with Crippen molar-refractivity contribution in [3.05, 3.63) is 0 Å². The van der Waals surface area contributed by atoms with Crippen LogP contribution in [0.25, 0.3) is 0 Å². The number of hydrogen-bond acceptors (Lipinski definition) is 4. The number of carboxylic acids is 2. The molecular weight excluding hydrogens is 236 g/mol. The highest BCUT2D eigenvalue weighted by molar-refractivity contribution is 5.69. The van der Waals surface area contributed by atoms with Crippen LogP contribution in [0.4, 0.5) is 0 Å². The van der Waals surface area contributed by atoms with E-state index < -0.39 is 11.9 Å². The maximum absolute atomic E-state index is 10.7. The Kier molecular flexibility index (Phi) is 6.28. The largest absolute Gasteiger partial charge is 0.544 e. The number of carbonyl (C=O) groups is 2. The minimum Gasteiger partial charge on any atom is -0.544 e. The van der Waals surface area contributed by atoms with Crippen LogP contribution in [0, 0.1) is 0 Å². The number of nitrogens with one attached hydrogen (secondary N) is 1. The third-order valence-electron chi connectivity index (χ3n) is 2.56. The van der Waals surface area contributed by atoms with Gasteiger partial charge in [-0.1, -0.05) is 0 Å². The Hall–Kier alpha value is -1.14. The van der Waals surface area contributed by atoms with E-state index in [0.29, 0.717) is 13.0 Å². The monoisotopic (exact) mass is 260 g/mol. The summed E-state index contributed by atoms with van der Waals surface area (Å²) in [4.78, 5) is 21.4. The molecule has 2 N–H and O–H groups in total. The van der Waals surface area contributed by atoms with Gasteiger partial charge in [0.1, 0.15) is 6.54 Å². The zero-order valence-electron chi connectivity index (χ0n) is 11.7. The Morgan fingerprint density at radius 3 is 2.22 bits per heavy atom. The maximum atomic E-state index is 10.7. The van der Waals surface area contributed by atoms with Gasteiger partial charge >= 0.3 is 5.97 Å². The highest BCUT2D eigenvalue weighted by Gasteiger charge is 2.25. The molecule has 0 fully saturated rings. The number of quaternary nitrogens is 1. The smallest absolute Gasteiger partial charge is 0.359 e. The second kappa shape index (κ2) is 6.70. The van der Waals surface area contributed by atoms with E-state index in [1.165, 1.54) is 0 Å². The molecule has 0 radical (unpaired) electrons. The molecule has 0 aliphatic carbocycles. The molecule has 0 heterocycles. The lowest BCUT2D eigenvalue weighted by molar-refractivity contribution is -0.897. The molecule has 0 saturated heterocycles. The number of likely N-dealkylation sites (N-methyl/N-ethyl adjacent to an activating group) is 1. The molecule has 0 aromatic carbocycles. The van der Waals surface area contributed by atoms with Gasteiger partial charge in [-0.05, 0) is 20.8 Å². The summed E-state index contributed by atoms with van der Waals surface area (Å²) in [5.74, 6) is -2.22. The number of aliphatic carboxylic acids is 2. The van der Waals surface area contributed by atoms with Gasteiger partial charge in [0, 0.05) is 18.5 Å². The Balaban J connectivity index is 4.25. The standard InChI is InChI=1S/C12H24N2O4/c1-12(2,3)13-6-5-7-14(4,8-10(15)16)9-11(17)18/h13H,5-9H2,1-4H3,(H-,15,16,17,18). The van der Waals surface area contributed by atoms with Crippen molar-refractivity contribution in [2.45, 2.75) is 32.7 Å². The molecule has 1 atom stereocenters. The van der Waals surface area contributed by atoms with Crippen LogP contribution in [0.15, 0.2) is 0 Å². The topological polar surface area (TPSA) is 89.5 Å². The molecule has 0 aliphatic heterocycles. The second-order valence-corrected chi connectivity index (χ2v) is 5.96. The molecule has 6 heteroatoms. The number of carboxylic acid groups (broad SMARTS) is 2. The van der Waals surface area contributed by atoms with Crippen molar-refractivity contribution in [2.75, 3.05) is 33.2 Å². The molecule has 106 valence electrons. The highest BCUT2D eigenvalue weighted by atomic mass is 16.4. The van der Waals surface area contributed by atoms with E-state index in [0.717, 1.165) is 6.54 Å². The SMILES string of the molecule is CC(C)(C)NCCC[N+](C)(CC(=O)[O-])CC(=O)O. The summed E-state index contributed by atoms with van der Waals surface area (Å²) in [5, 5.41) is 22.7. The van der Waals surface area contributed by atoms with Crippen molar-refractivity contribution >= 4 is 11.9 Å². The summed E-state index contributed by atoms with van der Waals surface area (Å²) in [7, 11) is 1.63. The van der Waals surface area contributed by atoms with Crippen LogP contribution in [-0.2, 0) is 9.59 Å². The van der Waals surface area contributed by atoms with Crippen LogP contribution in [0.2, 0.25) is 0 Å². The van der Waals surface area contributed by atoms with Gasteiger partial charge in [0.05, 0.1) is 19.6 Å². The van der Waals surface area contributed by atoms with Crippen molar-refractivity contribution < 1.29 is 24.3 Å². The predicted molar refractivity (Wildman–Crippen MR) is 65.8 cm³/mol. The van der Waals surface area contributed by atoms with E-state index in [4.69, 9.17) is 5.11 Å². The molecule has 0 amide bonds. The third-order valence-corrected chi connectivity index (χ3v) is 2.56. The van der Waals surface area contributed by atoms with Gasteiger partial charge in [-0.25, -0.2) is 4.79 Å². The lowest BCUT2D eigenvalue weighted by atomic mass is 10.1. The number of rotatable bonds is 8. The minimum absolute atomic E-state index is 0.00452. The molecule has 0 rings (SSSR count). The Morgan fingerprint density at radius 2 is 1.83 bits per heavy atom. The molecule has 18 heavy (non-hydrogen) atoms. The van der Waals surface area contributed by atoms with Crippen LogP contribution in [0.5, 0.6) is 0 Å². The second-order valence-electron chi connectivity index (χ2n) is 5.96. The Bertz CT molecular complexity index is 281. The fourth-order valence-electron chi connectivity index (χ4n) is 1.78. The average molecular weight is 260 g/mol. The van der Waals surface area contributed by atoms with Crippen LogP contribution in [0.1, 0.15) is 27.2 Å². The summed E-state index contributed by atoms with van der Waals surface area (Å²) in [5.41, 5.74) is 0.00452. The normalized spacial score (nSPS) is 15.1. The van der Waals surface area contributed by atoms with E-state index in [9.17, 15) is 14.7 Å². The van der Waals surface area contributed by atoms with E-state index >= 15 is 0 Å². The minimum atomic E-state index is -1.22. The molecule has 0 aromatic rings. The summed E-state index contributed by atoms with van der Waals surface area (Å²) in [6.07, 6.45) is 0.717. The molecule has 6 nitrogen and oxygen atoms in total. The van der Waals surface area contributed by atoms with Crippen molar-refractivity contribution in [2.24, 2.45) is 0 Å². The van der Waals surface area contributed by atoms with E-state index in [2.05, 4.69) is 5.32 Å². The molecule has 0 saturated carbocycles. The first-order chi connectivity index (χ1) is 8.04. The van der Waals surface area contributed by atoms with Crippen LogP contribution < -0.4 is 10.4 Å². The fourth-order valence-corrected chi connectivity index (χ4v) is 1.78. The lowest BCUT2D eigenvalue weighted by Crippen LogP contribution is -2.54. The average Bonchev–Trinajstić information content (AvgIpc) is 2.08. The number of carbonyl (C=O) groups excluding carboxylic acids is 1. The van der Waals surface area contributed by atoms with Gasteiger partial charge in [-0.2, -0.15) is 0 Å². The summed E-state index contributed by atoms with van der Waals surface area (Å²) in [6.45, 7) is 6.86. The zero-order valence-corrected chi connectivity index (χ0v) is 11.7. The molecule has 0 aliphatic rings. The quantitative estimate of drug-likeness (QED) is 0.434. The predicted octanol–water partition coefficient (Wildman–Crippen LogP) is -0.954. The molecular formula is C12H24N2O4. The van der Waals surface area contributed by atoms with E-state index in [-0.39, 0.29) is 23.1 Å². The maximum Gasteiger partial charge on any atom is 0.359 e. The van der Waals surface area contributed by atoms with Gasteiger partial charge in [-0.3, -0.25) is 0 Å². The van der Waals surface area contributed by atoms with Gasteiger partial charge in [0.15, 0.2) is 6.54 Å². The van der Waals surface area contributed by atoms with Crippen LogP contribution in [0.3, 0.4) is 0 Å². The van der Waals surface area contributed by atoms with E-state index in [1.54, 1.807) is 7.05 Å². The number of nitrogens with zero attached hydrogens (tertiary/aromatic N) is 1. The van der Waals surface area contributed by atoms with Gasteiger partial charge in [0.2, 0.25) is 0 Å². The van der Waals surface area contributed by atoms with Crippen LogP contribution >= 0.6 is 0 Å². The molecule has 1 unspecified atom stereocenters. The van der Waals surface area contributed by atoms with Crippen LogP contribution in [-0.4, -0.2) is 60.3 Å². The zero-order chi connectivity index (χ0) is 14.4. The summed E-state index contributed by atoms with van der Waals surface area (Å²) >= 11 is 0. The van der Waals surface area contributed by atoms with Gasteiger partial charge < -0.3 is 24.8 Å². The molecule has 0 spiro atoms. The van der Waals surface area contributed by atoms with Gasteiger partial charge in [-0.15, -0.1) is 0 Å². The first kappa shape index (κ1) is 16.9. The first-order valence-corrected chi connectivity index (χ1v) is 6.04. The Morgan fingerprint density at radius 1 is 1.28 bits per heavy atom. The lowest BCUT2D eigenvalue weighted by Gasteiger charge is -2.33. The highest BCUT2D eigenvalue weighted by Crippen LogP contribution is 2.04. The fraction of sp³-hybridized carbons (Fsp3) is 0.833. The molecule has 0 bridgehead atoms. The van der Waals surface area contributed by atoms with Crippen molar-refractivity contribution in [1.29, 1.82) is 0 Å². The van der Waals surface area contributed by atoms with Gasteiger partial charge in [0.25, 0.3) is 0 Å². The third kappa shape index (κ3) is 8.95. The number of hydrogen-bond donors (Lipinski definition) is 2. The van der Waals surface area contributed by atoms with E-state index in [1.807, 2.05) is 20.8 Å². The Labute approximate surface area is 108 Å². The van der Waals surface area contributed by atoms with Crippen molar-refractivity contribution in [3.8, 4) is 0 Å². The van der Waals surface area contributed by atoms with Crippen molar-refractivity contribution in [3.63, 3.8) is 0 Å².